The van der Waals surface area contributed by atoms with Crippen LogP contribution in [0.3, 0.4) is 0 Å². The SMILES string of the molecule is COc1cc(C2NC(=O)CCC2[N+](=O)[O-])cc(Br)c1O. The number of methoxy groups -OCH3 is 1. The number of piperidine rings is 1. The van der Waals surface area contributed by atoms with Crippen LogP contribution in [0.5, 0.6) is 11.5 Å². The van der Waals surface area contributed by atoms with Crippen molar-refractivity contribution in [2.24, 2.45) is 0 Å². The van der Waals surface area contributed by atoms with Crippen LogP contribution in [0.15, 0.2) is 16.6 Å². The fourth-order valence-corrected chi connectivity index (χ4v) is 2.71. The van der Waals surface area contributed by atoms with Gasteiger partial charge in [0.2, 0.25) is 11.9 Å². The molecule has 108 valence electrons. The molecule has 1 saturated heterocycles. The molecule has 0 saturated carbocycles. The van der Waals surface area contributed by atoms with Gasteiger partial charge in [-0.1, -0.05) is 0 Å². The smallest absolute Gasteiger partial charge is 0.237 e. The normalized spacial score (nSPS) is 22.2. The summed E-state index contributed by atoms with van der Waals surface area (Å²) in [6.07, 6.45) is 0.322. The molecule has 0 aliphatic carbocycles. The highest BCUT2D eigenvalue weighted by Gasteiger charge is 2.38. The second kappa shape index (κ2) is 5.66. The number of hydrogen-bond donors (Lipinski definition) is 2. The average molecular weight is 345 g/mol. The van der Waals surface area contributed by atoms with E-state index in [9.17, 15) is 20.0 Å². The van der Waals surface area contributed by atoms with Gasteiger partial charge >= 0.3 is 0 Å². The lowest BCUT2D eigenvalue weighted by molar-refractivity contribution is -0.529. The van der Waals surface area contributed by atoms with Crippen molar-refractivity contribution in [3.8, 4) is 11.5 Å². The fourth-order valence-electron chi connectivity index (χ4n) is 2.25. The molecule has 2 N–H and O–H groups in total. The summed E-state index contributed by atoms with van der Waals surface area (Å²) < 4.78 is 5.37. The summed E-state index contributed by atoms with van der Waals surface area (Å²) >= 11 is 3.16. The van der Waals surface area contributed by atoms with Crippen LogP contribution in [0.1, 0.15) is 24.4 Å². The number of carbonyl (C=O) groups is 1. The van der Waals surface area contributed by atoms with Gasteiger partial charge in [-0.2, -0.15) is 0 Å². The molecule has 0 bridgehead atoms. The first kappa shape index (κ1) is 14.6. The van der Waals surface area contributed by atoms with Crippen molar-refractivity contribution in [3.05, 3.63) is 32.3 Å². The van der Waals surface area contributed by atoms with Crippen LogP contribution in [-0.2, 0) is 4.79 Å². The lowest BCUT2D eigenvalue weighted by Gasteiger charge is -2.27. The molecule has 8 heteroatoms. The lowest BCUT2D eigenvalue weighted by atomic mass is 9.92. The summed E-state index contributed by atoms with van der Waals surface area (Å²) in [5, 5.41) is 23.5. The number of benzene rings is 1. The van der Waals surface area contributed by atoms with Crippen LogP contribution in [0, 0.1) is 10.1 Å². The molecule has 2 atom stereocenters. The van der Waals surface area contributed by atoms with E-state index in [1.54, 1.807) is 6.07 Å². The molecule has 1 amide bonds. The highest BCUT2D eigenvalue weighted by molar-refractivity contribution is 9.10. The van der Waals surface area contributed by atoms with E-state index in [-0.39, 0.29) is 30.2 Å². The molecule has 2 unspecified atom stereocenters. The number of ether oxygens (including phenoxy) is 1. The Morgan fingerprint density at radius 3 is 2.85 bits per heavy atom. The maximum Gasteiger partial charge on any atom is 0.237 e. The van der Waals surface area contributed by atoms with Gasteiger partial charge < -0.3 is 15.2 Å². The van der Waals surface area contributed by atoms with Gasteiger partial charge in [-0.05, 0) is 33.6 Å². The Kier molecular flexibility index (Phi) is 4.12. The van der Waals surface area contributed by atoms with E-state index in [4.69, 9.17) is 4.74 Å². The predicted octanol–water partition coefficient (Wildman–Crippen LogP) is 1.76. The van der Waals surface area contributed by atoms with E-state index in [1.807, 2.05) is 0 Å². The van der Waals surface area contributed by atoms with E-state index >= 15 is 0 Å². The number of amides is 1. The molecule has 20 heavy (non-hydrogen) atoms. The highest BCUT2D eigenvalue weighted by atomic mass is 79.9. The van der Waals surface area contributed by atoms with Gasteiger partial charge in [-0.25, -0.2) is 0 Å². The third-order valence-corrected chi connectivity index (χ3v) is 3.87. The van der Waals surface area contributed by atoms with Crippen LogP contribution in [0.4, 0.5) is 0 Å². The topological polar surface area (TPSA) is 102 Å². The van der Waals surface area contributed by atoms with E-state index in [0.29, 0.717) is 10.0 Å². The van der Waals surface area contributed by atoms with E-state index in [2.05, 4.69) is 21.2 Å². The molecule has 1 aliphatic rings. The second-order valence-electron chi connectivity index (χ2n) is 4.49. The summed E-state index contributed by atoms with van der Waals surface area (Å²) in [6.45, 7) is 0. The first-order chi connectivity index (χ1) is 9.43. The maximum atomic E-state index is 11.5. The number of nitrogens with zero attached hydrogens (tertiary/aromatic N) is 1. The minimum atomic E-state index is -0.895. The van der Waals surface area contributed by atoms with Gasteiger partial charge in [0, 0.05) is 17.8 Å². The summed E-state index contributed by atoms with van der Waals surface area (Å²) in [4.78, 5) is 22.2. The predicted molar refractivity (Wildman–Crippen MR) is 73.3 cm³/mol. The van der Waals surface area contributed by atoms with Crippen LogP contribution in [-0.4, -0.2) is 29.1 Å². The average Bonchev–Trinajstić information content (AvgIpc) is 2.41. The molecule has 1 aromatic carbocycles. The molecular weight excluding hydrogens is 332 g/mol. The van der Waals surface area contributed by atoms with Gasteiger partial charge in [-0.3, -0.25) is 14.9 Å². The molecule has 0 radical (unpaired) electrons. The summed E-state index contributed by atoms with van der Waals surface area (Å²) in [5.41, 5.74) is 0.515. The number of phenols is 1. The Bertz CT molecular complexity index is 563. The van der Waals surface area contributed by atoms with Crippen molar-refractivity contribution in [3.63, 3.8) is 0 Å². The zero-order valence-corrected chi connectivity index (χ0v) is 12.2. The Balaban J connectivity index is 2.43. The van der Waals surface area contributed by atoms with Crippen LogP contribution >= 0.6 is 15.9 Å². The molecule has 2 rings (SSSR count). The van der Waals surface area contributed by atoms with Gasteiger partial charge in [0.25, 0.3) is 0 Å². The van der Waals surface area contributed by atoms with Crippen molar-refractivity contribution in [2.75, 3.05) is 7.11 Å². The van der Waals surface area contributed by atoms with Crippen molar-refractivity contribution in [1.82, 2.24) is 5.32 Å². The van der Waals surface area contributed by atoms with Gasteiger partial charge in [0.15, 0.2) is 11.5 Å². The fraction of sp³-hybridized carbons (Fsp3) is 0.417. The molecule has 7 nitrogen and oxygen atoms in total. The number of phenolic OH excluding ortho intramolecular Hbond substituents is 1. The summed E-state index contributed by atoms with van der Waals surface area (Å²) in [7, 11) is 1.38. The molecular formula is C12H13BrN2O5. The third-order valence-electron chi connectivity index (χ3n) is 3.27. The number of hydrogen-bond acceptors (Lipinski definition) is 5. The first-order valence-corrected chi connectivity index (χ1v) is 6.72. The maximum absolute atomic E-state index is 11.5. The zero-order valence-electron chi connectivity index (χ0n) is 10.6. The van der Waals surface area contributed by atoms with Crippen LogP contribution in [0.2, 0.25) is 0 Å². The quantitative estimate of drug-likeness (QED) is 0.642. The number of halogens is 1. The van der Waals surface area contributed by atoms with Gasteiger partial charge in [0.05, 0.1) is 11.6 Å². The van der Waals surface area contributed by atoms with Crippen molar-refractivity contribution in [2.45, 2.75) is 24.9 Å². The Hall–Kier alpha value is -1.83. The minimum Gasteiger partial charge on any atom is -0.503 e. The van der Waals surface area contributed by atoms with E-state index in [1.165, 1.54) is 13.2 Å². The zero-order chi connectivity index (χ0) is 14.9. The van der Waals surface area contributed by atoms with Crippen LogP contribution in [0.25, 0.3) is 0 Å². The monoisotopic (exact) mass is 344 g/mol. The van der Waals surface area contributed by atoms with Crippen molar-refractivity contribution < 1.29 is 19.6 Å². The third kappa shape index (κ3) is 2.69. The molecule has 1 aromatic rings. The summed E-state index contributed by atoms with van der Waals surface area (Å²) in [5.74, 6) is -0.122. The number of nitrogens with one attached hydrogen (secondary N) is 1. The number of carbonyl (C=O) groups excluding carboxylic acids is 1. The summed E-state index contributed by atoms with van der Waals surface area (Å²) in [6, 6.07) is 1.41. The van der Waals surface area contributed by atoms with Crippen molar-refractivity contribution >= 4 is 21.8 Å². The molecule has 1 fully saturated rings. The number of rotatable bonds is 3. The van der Waals surface area contributed by atoms with E-state index in [0.717, 1.165) is 0 Å². The number of nitro groups is 1. The largest absolute Gasteiger partial charge is 0.503 e. The van der Waals surface area contributed by atoms with Crippen LogP contribution < -0.4 is 10.1 Å². The molecule has 0 spiro atoms. The van der Waals surface area contributed by atoms with Gasteiger partial charge in [0.1, 0.15) is 6.04 Å². The second-order valence-corrected chi connectivity index (χ2v) is 5.34. The molecule has 0 aromatic heterocycles. The molecule has 1 aliphatic heterocycles. The Morgan fingerprint density at radius 1 is 1.55 bits per heavy atom. The minimum absolute atomic E-state index is 0.0870. The standard InChI is InChI=1S/C12H13BrN2O5/c1-20-9-5-6(4-7(13)12(9)17)11-8(15(18)19)2-3-10(16)14-11/h4-5,8,11,17H,2-3H2,1H3,(H,14,16). The lowest BCUT2D eigenvalue weighted by Crippen LogP contribution is -2.45. The molecule has 1 heterocycles. The van der Waals surface area contributed by atoms with Gasteiger partial charge in [-0.15, -0.1) is 0 Å². The number of aromatic hydroxyl groups is 1. The highest BCUT2D eigenvalue weighted by Crippen LogP contribution is 2.38. The Morgan fingerprint density at radius 2 is 2.25 bits per heavy atom. The first-order valence-electron chi connectivity index (χ1n) is 5.93. The van der Waals surface area contributed by atoms with E-state index < -0.39 is 17.0 Å². The van der Waals surface area contributed by atoms with Crippen molar-refractivity contribution in [1.29, 1.82) is 0 Å². The Labute approximate surface area is 123 Å².